The Hall–Kier alpha value is -0.900. The van der Waals surface area contributed by atoms with E-state index in [0.29, 0.717) is 0 Å². The fourth-order valence-corrected chi connectivity index (χ4v) is 2.46. The third kappa shape index (κ3) is 5.31. The highest BCUT2D eigenvalue weighted by Gasteiger charge is 2.09. The second-order valence-electron chi connectivity index (χ2n) is 5.27. The molecule has 0 bridgehead atoms. The minimum absolute atomic E-state index is 0.803. The second-order valence-corrected chi connectivity index (χ2v) is 5.27. The number of morpholine rings is 1. The van der Waals surface area contributed by atoms with E-state index in [1.165, 1.54) is 17.5 Å². The highest BCUT2D eigenvalue weighted by Crippen LogP contribution is 2.09. The molecule has 1 heterocycles. The van der Waals surface area contributed by atoms with Crippen molar-refractivity contribution in [3.63, 3.8) is 0 Å². The molecule has 3 heteroatoms. The maximum Gasteiger partial charge on any atom is 0.0594 e. The van der Waals surface area contributed by atoms with E-state index in [1.54, 1.807) is 0 Å². The summed E-state index contributed by atoms with van der Waals surface area (Å²) in [5.41, 5.74) is 8.39. The summed E-state index contributed by atoms with van der Waals surface area (Å²) in [7, 11) is 0. The minimum Gasteiger partial charge on any atom is -0.379 e. The molecule has 0 unspecified atom stereocenters. The predicted molar refractivity (Wildman–Crippen MR) is 79.4 cm³/mol. The Kier molecular flexibility index (Phi) is 6.34. The summed E-state index contributed by atoms with van der Waals surface area (Å²) in [6.45, 7) is 5.89. The maximum absolute atomic E-state index is 5.51. The van der Waals surface area contributed by atoms with Crippen LogP contribution in [-0.2, 0) is 17.6 Å². The lowest BCUT2D eigenvalue weighted by Gasteiger charge is -2.26. The van der Waals surface area contributed by atoms with Crippen LogP contribution in [0.5, 0.6) is 0 Å². The topological polar surface area (TPSA) is 38.5 Å². The van der Waals surface area contributed by atoms with E-state index in [9.17, 15) is 0 Å². The van der Waals surface area contributed by atoms with E-state index in [0.717, 1.165) is 58.7 Å². The van der Waals surface area contributed by atoms with Gasteiger partial charge in [0.2, 0.25) is 0 Å². The number of hydrogen-bond donors (Lipinski definition) is 1. The van der Waals surface area contributed by atoms with Crippen molar-refractivity contribution in [1.29, 1.82) is 0 Å². The molecule has 0 amide bonds. The monoisotopic (exact) mass is 262 g/mol. The third-order valence-electron chi connectivity index (χ3n) is 3.76. The third-order valence-corrected chi connectivity index (χ3v) is 3.76. The summed E-state index contributed by atoms with van der Waals surface area (Å²) in [4.78, 5) is 2.48. The van der Waals surface area contributed by atoms with E-state index in [2.05, 4.69) is 29.2 Å². The number of rotatable bonds is 7. The lowest BCUT2D eigenvalue weighted by molar-refractivity contribution is 0.0384. The Bertz CT molecular complexity index is 344. The number of ether oxygens (including phenoxy) is 1. The van der Waals surface area contributed by atoms with Crippen molar-refractivity contribution >= 4 is 0 Å². The largest absolute Gasteiger partial charge is 0.379 e. The van der Waals surface area contributed by atoms with Crippen LogP contribution in [0.1, 0.15) is 24.0 Å². The lowest BCUT2D eigenvalue weighted by atomic mass is 10.0. The molecule has 0 atom stereocenters. The number of nitrogens with two attached hydrogens (primary N) is 1. The maximum atomic E-state index is 5.51. The Morgan fingerprint density at radius 3 is 2.21 bits per heavy atom. The first-order chi connectivity index (χ1) is 9.38. The van der Waals surface area contributed by atoms with Gasteiger partial charge in [0.15, 0.2) is 0 Å². The van der Waals surface area contributed by atoms with Crippen molar-refractivity contribution in [2.45, 2.75) is 25.7 Å². The Morgan fingerprint density at radius 1 is 0.947 bits per heavy atom. The molecular formula is C16H26N2O. The van der Waals surface area contributed by atoms with Crippen LogP contribution in [0.15, 0.2) is 24.3 Å². The predicted octanol–water partition coefficient (Wildman–Crippen LogP) is 1.84. The van der Waals surface area contributed by atoms with Crippen molar-refractivity contribution in [3.8, 4) is 0 Å². The van der Waals surface area contributed by atoms with Gasteiger partial charge in [0, 0.05) is 19.6 Å². The highest BCUT2D eigenvalue weighted by atomic mass is 16.5. The summed E-state index contributed by atoms with van der Waals surface area (Å²) in [6, 6.07) is 9.09. The normalized spacial score (nSPS) is 16.7. The molecule has 2 N–H and O–H groups in total. The highest BCUT2D eigenvalue weighted by molar-refractivity contribution is 5.22. The standard InChI is InChI=1S/C16H26N2O/c17-9-2-1-3-15-4-6-16(7-5-15)8-10-18-11-13-19-14-12-18/h4-7H,1-3,8-14,17H2. The van der Waals surface area contributed by atoms with Crippen molar-refractivity contribution < 1.29 is 4.74 Å². The van der Waals surface area contributed by atoms with Crippen LogP contribution in [0.25, 0.3) is 0 Å². The molecule has 0 radical (unpaired) electrons. The van der Waals surface area contributed by atoms with Gasteiger partial charge < -0.3 is 10.5 Å². The number of hydrogen-bond acceptors (Lipinski definition) is 3. The van der Waals surface area contributed by atoms with E-state index in [4.69, 9.17) is 10.5 Å². The van der Waals surface area contributed by atoms with Gasteiger partial charge in [0.05, 0.1) is 13.2 Å². The van der Waals surface area contributed by atoms with Gasteiger partial charge in [0.1, 0.15) is 0 Å². The molecule has 0 saturated carbocycles. The Balaban J connectivity index is 1.71. The number of nitrogens with zero attached hydrogens (tertiary/aromatic N) is 1. The van der Waals surface area contributed by atoms with E-state index in [1.807, 2.05) is 0 Å². The van der Waals surface area contributed by atoms with Crippen molar-refractivity contribution in [3.05, 3.63) is 35.4 Å². The molecule has 3 nitrogen and oxygen atoms in total. The molecule has 106 valence electrons. The quantitative estimate of drug-likeness (QED) is 0.762. The first-order valence-electron chi connectivity index (χ1n) is 7.46. The first-order valence-corrected chi connectivity index (χ1v) is 7.46. The van der Waals surface area contributed by atoms with E-state index in [-0.39, 0.29) is 0 Å². The molecule has 2 rings (SSSR count). The summed E-state index contributed by atoms with van der Waals surface area (Å²) < 4.78 is 5.36. The fraction of sp³-hybridized carbons (Fsp3) is 0.625. The molecule has 0 aliphatic carbocycles. The minimum atomic E-state index is 0.803. The van der Waals surface area contributed by atoms with Gasteiger partial charge in [-0.25, -0.2) is 0 Å². The smallest absolute Gasteiger partial charge is 0.0594 e. The van der Waals surface area contributed by atoms with Crippen LogP contribution in [0.3, 0.4) is 0 Å². The van der Waals surface area contributed by atoms with Crippen LogP contribution < -0.4 is 5.73 Å². The van der Waals surface area contributed by atoms with Gasteiger partial charge in [-0.3, -0.25) is 4.90 Å². The van der Waals surface area contributed by atoms with Gasteiger partial charge >= 0.3 is 0 Å². The average molecular weight is 262 g/mol. The molecule has 1 saturated heterocycles. The van der Waals surface area contributed by atoms with Crippen molar-refractivity contribution in [2.75, 3.05) is 39.4 Å². The molecular weight excluding hydrogens is 236 g/mol. The van der Waals surface area contributed by atoms with Gasteiger partial charge in [0.25, 0.3) is 0 Å². The SMILES string of the molecule is NCCCCc1ccc(CCN2CCOCC2)cc1. The van der Waals surface area contributed by atoms with E-state index >= 15 is 0 Å². The van der Waals surface area contributed by atoms with Crippen LogP contribution in [-0.4, -0.2) is 44.3 Å². The van der Waals surface area contributed by atoms with Crippen molar-refractivity contribution in [1.82, 2.24) is 4.90 Å². The summed E-state index contributed by atoms with van der Waals surface area (Å²) >= 11 is 0. The van der Waals surface area contributed by atoms with Gasteiger partial charge in [-0.05, 0) is 43.4 Å². The lowest BCUT2D eigenvalue weighted by Crippen LogP contribution is -2.37. The zero-order valence-electron chi connectivity index (χ0n) is 11.8. The van der Waals surface area contributed by atoms with Crippen LogP contribution in [0, 0.1) is 0 Å². The number of aryl methyl sites for hydroxylation is 1. The molecule has 1 aliphatic rings. The Morgan fingerprint density at radius 2 is 1.58 bits per heavy atom. The van der Waals surface area contributed by atoms with Crippen LogP contribution in [0.4, 0.5) is 0 Å². The van der Waals surface area contributed by atoms with Gasteiger partial charge in [-0.1, -0.05) is 24.3 Å². The van der Waals surface area contributed by atoms with Gasteiger partial charge in [-0.2, -0.15) is 0 Å². The van der Waals surface area contributed by atoms with Gasteiger partial charge in [-0.15, -0.1) is 0 Å². The molecule has 1 aromatic rings. The van der Waals surface area contributed by atoms with Crippen LogP contribution in [0.2, 0.25) is 0 Å². The molecule has 1 fully saturated rings. The summed E-state index contributed by atoms with van der Waals surface area (Å²) in [6.07, 6.45) is 4.62. The number of unbranched alkanes of at least 4 members (excludes halogenated alkanes) is 1. The zero-order chi connectivity index (χ0) is 13.3. The molecule has 0 aromatic heterocycles. The molecule has 1 aromatic carbocycles. The summed E-state index contributed by atoms with van der Waals surface area (Å²) in [5, 5.41) is 0. The fourth-order valence-electron chi connectivity index (χ4n) is 2.46. The van der Waals surface area contributed by atoms with E-state index < -0.39 is 0 Å². The van der Waals surface area contributed by atoms with Crippen molar-refractivity contribution in [2.24, 2.45) is 5.73 Å². The summed E-state index contributed by atoms with van der Waals surface area (Å²) in [5.74, 6) is 0. The molecule has 0 spiro atoms. The van der Waals surface area contributed by atoms with Crippen LogP contribution >= 0.6 is 0 Å². The zero-order valence-corrected chi connectivity index (χ0v) is 11.8. The molecule has 1 aliphatic heterocycles. The Labute approximate surface area is 116 Å². The number of benzene rings is 1. The second kappa shape index (κ2) is 8.31. The molecule has 19 heavy (non-hydrogen) atoms. The first kappa shape index (κ1) is 14.5. The average Bonchev–Trinajstić information content (AvgIpc) is 2.48.